The summed E-state index contributed by atoms with van der Waals surface area (Å²) >= 11 is 0. The molecule has 1 aliphatic rings. The second-order valence-electron chi connectivity index (χ2n) is 4.95. The van der Waals surface area contributed by atoms with Crippen LogP contribution in [0.25, 0.3) is 0 Å². The largest absolute Gasteiger partial charge is 0.512 e. The minimum atomic E-state index is -0.718. The Kier molecular flexibility index (Phi) is 5.92. The van der Waals surface area contributed by atoms with Crippen LogP contribution in [0.3, 0.4) is 0 Å². The van der Waals surface area contributed by atoms with Gasteiger partial charge in [-0.2, -0.15) is 0 Å². The first kappa shape index (κ1) is 14.8. The molecule has 0 heterocycles. The zero-order valence-corrected chi connectivity index (χ0v) is 11.2. The lowest BCUT2D eigenvalue weighted by Gasteiger charge is -2.27. The number of rotatable bonds is 7. The lowest BCUT2D eigenvalue weighted by atomic mass is 10.0. The van der Waals surface area contributed by atoms with E-state index in [1.807, 2.05) is 20.0 Å². The Hall–Kier alpha value is -1.29. The third-order valence-electron chi connectivity index (χ3n) is 3.39. The molecule has 4 heteroatoms. The van der Waals surface area contributed by atoms with Crippen molar-refractivity contribution < 1.29 is 15.0 Å². The first-order valence-electron chi connectivity index (χ1n) is 6.49. The van der Waals surface area contributed by atoms with E-state index in [1.54, 1.807) is 0 Å². The second kappa shape index (κ2) is 7.21. The fourth-order valence-electron chi connectivity index (χ4n) is 2.06. The molecule has 0 saturated heterocycles. The average molecular weight is 253 g/mol. The van der Waals surface area contributed by atoms with Crippen molar-refractivity contribution in [2.24, 2.45) is 0 Å². The molecule has 1 aliphatic carbocycles. The van der Waals surface area contributed by atoms with E-state index in [-0.39, 0.29) is 12.5 Å². The topological polar surface area (TPSA) is 60.8 Å². The SMILES string of the molecule is CC1=C(O)CC(N(C)CCCCCC(=O)O)C=C1. The van der Waals surface area contributed by atoms with Crippen molar-refractivity contribution in [1.29, 1.82) is 0 Å². The summed E-state index contributed by atoms with van der Waals surface area (Å²) in [5.74, 6) is -0.246. The van der Waals surface area contributed by atoms with Gasteiger partial charge in [0.05, 0.1) is 5.76 Å². The summed E-state index contributed by atoms with van der Waals surface area (Å²) in [6, 6.07) is 0.258. The predicted molar refractivity (Wildman–Crippen MR) is 71.6 cm³/mol. The van der Waals surface area contributed by atoms with Crippen LogP contribution in [0.4, 0.5) is 0 Å². The van der Waals surface area contributed by atoms with Crippen LogP contribution in [0.15, 0.2) is 23.5 Å². The van der Waals surface area contributed by atoms with E-state index in [0.29, 0.717) is 12.2 Å². The number of aliphatic hydroxyl groups is 1. The van der Waals surface area contributed by atoms with Gasteiger partial charge in [0.15, 0.2) is 0 Å². The molecule has 0 radical (unpaired) electrons. The summed E-state index contributed by atoms with van der Waals surface area (Å²) in [6.07, 6.45) is 7.69. The molecular formula is C14H23NO3. The fraction of sp³-hybridized carbons (Fsp3) is 0.643. The van der Waals surface area contributed by atoms with Gasteiger partial charge in [0.1, 0.15) is 0 Å². The van der Waals surface area contributed by atoms with Crippen molar-refractivity contribution in [1.82, 2.24) is 4.90 Å². The molecule has 2 N–H and O–H groups in total. The number of unbranched alkanes of at least 4 members (excludes halogenated alkanes) is 2. The molecule has 0 aromatic carbocycles. The first-order valence-corrected chi connectivity index (χ1v) is 6.49. The van der Waals surface area contributed by atoms with Gasteiger partial charge in [-0.3, -0.25) is 9.69 Å². The van der Waals surface area contributed by atoms with Gasteiger partial charge in [0.2, 0.25) is 0 Å². The highest BCUT2D eigenvalue weighted by molar-refractivity contribution is 5.66. The minimum Gasteiger partial charge on any atom is -0.512 e. The van der Waals surface area contributed by atoms with E-state index in [0.717, 1.165) is 31.4 Å². The monoisotopic (exact) mass is 253 g/mol. The number of hydrogen-bond acceptors (Lipinski definition) is 3. The van der Waals surface area contributed by atoms with Gasteiger partial charge >= 0.3 is 5.97 Å². The highest BCUT2D eigenvalue weighted by Crippen LogP contribution is 2.20. The zero-order valence-electron chi connectivity index (χ0n) is 11.2. The molecule has 0 aliphatic heterocycles. The molecule has 1 atom stereocenters. The van der Waals surface area contributed by atoms with Gasteiger partial charge < -0.3 is 10.2 Å². The molecule has 0 bridgehead atoms. The molecule has 0 aromatic rings. The zero-order chi connectivity index (χ0) is 13.5. The highest BCUT2D eigenvalue weighted by atomic mass is 16.4. The standard InChI is InChI=1S/C14H23NO3/c1-11-7-8-12(10-13(11)16)15(2)9-5-3-4-6-14(17)18/h7-8,12,16H,3-6,9-10H2,1-2H3,(H,17,18). The Balaban J connectivity index is 2.20. The van der Waals surface area contributed by atoms with Crippen LogP contribution in [0.2, 0.25) is 0 Å². The average Bonchev–Trinajstić information content (AvgIpc) is 2.31. The molecule has 0 saturated carbocycles. The minimum absolute atomic E-state index is 0.258. The van der Waals surface area contributed by atoms with Gasteiger partial charge in [0.25, 0.3) is 0 Å². The Morgan fingerprint density at radius 3 is 2.78 bits per heavy atom. The molecule has 1 unspecified atom stereocenters. The quantitative estimate of drug-likeness (QED) is 0.685. The number of aliphatic hydroxyl groups excluding tert-OH is 1. The lowest BCUT2D eigenvalue weighted by Crippen LogP contribution is -2.32. The molecule has 0 spiro atoms. The van der Waals surface area contributed by atoms with Gasteiger partial charge in [0, 0.05) is 18.9 Å². The van der Waals surface area contributed by atoms with Gasteiger partial charge in [-0.15, -0.1) is 0 Å². The Labute approximate surface area is 109 Å². The number of nitrogens with zero attached hydrogens (tertiary/aromatic N) is 1. The third kappa shape index (κ3) is 4.92. The number of carboxylic acids is 1. The van der Waals surface area contributed by atoms with E-state index < -0.39 is 5.97 Å². The summed E-state index contributed by atoms with van der Waals surface area (Å²) in [7, 11) is 2.04. The molecule has 18 heavy (non-hydrogen) atoms. The molecule has 102 valence electrons. The van der Waals surface area contributed by atoms with Crippen LogP contribution in [-0.4, -0.2) is 40.7 Å². The summed E-state index contributed by atoms with van der Waals surface area (Å²) in [5, 5.41) is 18.2. The maximum atomic E-state index is 10.4. The third-order valence-corrected chi connectivity index (χ3v) is 3.39. The number of carboxylic acid groups (broad SMARTS) is 1. The highest BCUT2D eigenvalue weighted by Gasteiger charge is 2.17. The molecular weight excluding hydrogens is 230 g/mol. The predicted octanol–water partition coefficient (Wildman–Crippen LogP) is 2.72. The lowest BCUT2D eigenvalue weighted by molar-refractivity contribution is -0.137. The summed E-state index contributed by atoms with van der Waals surface area (Å²) < 4.78 is 0. The molecule has 4 nitrogen and oxygen atoms in total. The summed E-state index contributed by atoms with van der Waals surface area (Å²) in [4.78, 5) is 12.6. The van der Waals surface area contributed by atoms with Crippen LogP contribution in [0.5, 0.6) is 0 Å². The van der Waals surface area contributed by atoms with Gasteiger partial charge in [-0.25, -0.2) is 0 Å². The van der Waals surface area contributed by atoms with Crippen LogP contribution in [-0.2, 0) is 4.79 Å². The number of hydrogen-bond donors (Lipinski definition) is 2. The van der Waals surface area contributed by atoms with E-state index in [4.69, 9.17) is 5.11 Å². The van der Waals surface area contributed by atoms with Crippen LogP contribution in [0.1, 0.15) is 39.0 Å². The normalized spacial score (nSPS) is 19.6. The smallest absolute Gasteiger partial charge is 0.303 e. The maximum Gasteiger partial charge on any atom is 0.303 e. The molecule has 0 amide bonds. The number of likely N-dealkylation sites (N-methyl/N-ethyl adjacent to an activating group) is 1. The van der Waals surface area contributed by atoms with Crippen molar-refractivity contribution in [3.05, 3.63) is 23.5 Å². The van der Waals surface area contributed by atoms with Crippen LogP contribution in [0, 0.1) is 0 Å². The molecule has 0 aromatic heterocycles. The Bertz CT molecular complexity index is 347. The first-order chi connectivity index (χ1) is 8.50. The summed E-state index contributed by atoms with van der Waals surface area (Å²) in [5.41, 5.74) is 0.945. The molecule has 1 rings (SSSR count). The fourth-order valence-corrected chi connectivity index (χ4v) is 2.06. The summed E-state index contributed by atoms with van der Waals surface area (Å²) in [6.45, 7) is 2.84. The van der Waals surface area contributed by atoms with Crippen molar-refractivity contribution in [3.63, 3.8) is 0 Å². The molecule has 0 fully saturated rings. The van der Waals surface area contributed by atoms with Crippen LogP contribution < -0.4 is 0 Å². The van der Waals surface area contributed by atoms with Crippen molar-refractivity contribution >= 4 is 5.97 Å². The van der Waals surface area contributed by atoms with Crippen LogP contribution >= 0.6 is 0 Å². The maximum absolute atomic E-state index is 10.4. The number of aliphatic carboxylic acids is 1. The second-order valence-corrected chi connectivity index (χ2v) is 4.95. The Morgan fingerprint density at radius 2 is 2.17 bits per heavy atom. The van der Waals surface area contributed by atoms with Crippen molar-refractivity contribution in [2.75, 3.05) is 13.6 Å². The van der Waals surface area contributed by atoms with E-state index in [9.17, 15) is 9.90 Å². The van der Waals surface area contributed by atoms with E-state index in [2.05, 4.69) is 11.0 Å². The van der Waals surface area contributed by atoms with E-state index >= 15 is 0 Å². The number of carbonyl (C=O) groups is 1. The number of allylic oxidation sites excluding steroid dienone is 2. The van der Waals surface area contributed by atoms with Gasteiger partial charge in [-0.05, 0) is 38.9 Å². The van der Waals surface area contributed by atoms with Gasteiger partial charge in [-0.1, -0.05) is 18.6 Å². The van der Waals surface area contributed by atoms with E-state index in [1.165, 1.54) is 0 Å². The Morgan fingerprint density at radius 1 is 1.44 bits per heavy atom. The van der Waals surface area contributed by atoms with Crippen molar-refractivity contribution in [2.45, 2.75) is 45.1 Å². The van der Waals surface area contributed by atoms with Crippen molar-refractivity contribution in [3.8, 4) is 0 Å².